The zero-order chi connectivity index (χ0) is 30.8. The summed E-state index contributed by atoms with van der Waals surface area (Å²) in [5.41, 5.74) is 5.46. The summed E-state index contributed by atoms with van der Waals surface area (Å²) in [5, 5.41) is 11.4. The van der Waals surface area contributed by atoms with Crippen molar-refractivity contribution in [3.05, 3.63) is 46.5 Å². The van der Waals surface area contributed by atoms with Crippen molar-refractivity contribution in [2.24, 2.45) is 5.92 Å². The van der Waals surface area contributed by atoms with Crippen molar-refractivity contribution in [3.8, 4) is 23.0 Å². The number of hydrogen-bond donors (Lipinski definition) is 1. The van der Waals surface area contributed by atoms with Crippen LogP contribution in [0.4, 0.5) is 0 Å². The van der Waals surface area contributed by atoms with Gasteiger partial charge >= 0.3 is 0 Å². The monoisotopic (exact) mass is 752 g/mol. The minimum absolute atomic E-state index is 0. The highest BCUT2D eigenvalue weighted by atomic mass is 35.5. The average Bonchev–Trinajstić information content (AvgIpc) is 3.05. The van der Waals surface area contributed by atoms with Crippen LogP contribution in [-0.4, -0.2) is 125 Å². The standard InChI is InChI=1S/C35H52N4O5.4ClH/c1-36-12-14-37(15-13-36)22-27(40)23-39-11-8-26-19-33(42-3)35(44-5)21-29(26)31(39)17-24-6-9-38-10-7-25-18-32(41-2)34(43-4)20-28(25)30(38)16-24;;;;/h18-21,24,27,30-31,40H,6-17,22-23H2,1-5H3;4*1H. The van der Waals surface area contributed by atoms with Gasteiger partial charge in [-0.3, -0.25) is 14.7 Å². The van der Waals surface area contributed by atoms with Crippen molar-refractivity contribution in [3.63, 3.8) is 0 Å². The molecule has 0 saturated carbocycles. The molecule has 4 heterocycles. The van der Waals surface area contributed by atoms with Gasteiger partial charge in [-0.05, 0) is 98.1 Å². The predicted octanol–water partition coefficient (Wildman–Crippen LogP) is 5.32. The minimum atomic E-state index is -0.378. The van der Waals surface area contributed by atoms with Gasteiger partial charge in [0.15, 0.2) is 23.0 Å². The van der Waals surface area contributed by atoms with Gasteiger partial charge in [0.25, 0.3) is 0 Å². The molecule has 2 fully saturated rings. The summed E-state index contributed by atoms with van der Waals surface area (Å²) in [6.07, 6.45) is 5.00. The van der Waals surface area contributed by atoms with Gasteiger partial charge in [0.05, 0.1) is 34.5 Å². The summed E-state index contributed by atoms with van der Waals surface area (Å²) in [5.74, 6) is 3.79. The van der Waals surface area contributed by atoms with Crippen LogP contribution in [0.5, 0.6) is 23.0 Å². The van der Waals surface area contributed by atoms with Crippen molar-refractivity contribution in [2.75, 3.05) is 94.4 Å². The number of rotatable bonds is 10. The second-order valence-corrected chi connectivity index (χ2v) is 13.3. The van der Waals surface area contributed by atoms with Crippen LogP contribution in [0.15, 0.2) is 24.3 Å². The molecule has 2 aromatic carbocycles. The predicted molar refractivity (Wildman–Crippen MR) is 201 cm³/mol. The number of aliphatic hydroxyl groups excluding tert-OH is 1. The zero-order valence-electron chi connectivity index (χ0n) is 29.0. The largest absolute Gasteiger partial charge is 0.493 e. The number of aliphatic hydroxyl groups is 1. The Labute approximate surface area is 312 Å². The lowest BCUT2D eigenvalue weighted by molar-refractivity contribution is 0.0286. The van der Waals surface area contributed by atoms with Crippen LogP contribution in [0, 0.1) is 5.92 Å². The summed E-state index contributed by atoms with van der Waals surface area (Å²) >= 11 is 0. The normalized spacial score (nSPS) is 23.3. The van der Waals surface area contributed by atoms with Crippen LogP contribution in [0.25, 0.3) is 0 Å². The molecule has 4 atom stereocenters. The fraction of sp³-hybridized carbons (Fsp3) is 0.657. The van der Waals surface area contributed by atoms with Crippen molar-refractivity contribution in [1.29, 1.82) is 0 Å². The molecule has 2 saturated heterocycles. The Hall–Kier alpha value is -1.40. The number of β-amino-alcohol motifs (C(OH)–C–C–N with tert-alkyl or cyclic N) is 1. The van der Waals surface area contributed by atoms with E-state index < -0.39 is 0 Å². The lowest BCUT2D eigenvalue weighted by Gasteiger charge is -2.46. The van der Waals surface area contributed by atoms with Gasteiger partial charge in [-0.15, -0.1) is 49.6 Å². The van der Waals surface area contributed by atoms with E-state index in [1.165, 1.54) is 28.7 Å². The topological polar surface area (TPSA) is 70.1 Å². The van der Waals surface area contributed by atoms with Gasteiger partial charge in [0.2, 0.25) is 0 Å². The van der Waals surface area contributed by atoms with Gasteiger partial charge in [-0.2, -0.15) is 0 Å². The lowest BCUT2D eigenvalue weighted by atomic mass is 9.77. The Morgan fingerprint density at radius 1 is 0.688 bits per heavy atom. The maximum Gasteiger partial charge on any atom is 0.161 e. The number of fused-ring (bicyclic) bond motifs is 4. The maximum absolute atomic E-state index is 11.4. The Bertz CT molecular complexity index is 1300. The van der Waals surface area contributed by atoms with Crippen LogP contribution in [0.2, 0.25) is 0 Å². The lowest BCUT2D eigenvalue weighted by Crippen LogP contribution is -2.50. The van der Waals surface area contributed by atoms with Crippen molar-refractivity contribution < 1.29 is 24.1 Å². The van der Waals surface area contributed by atoms with Gasteiger partial charge < -0.3 is 29.0 Å². The van der Waals surface area contributed by atoms with Crippen molar-refractivity contribution in [2.45, 2.75) is 50.3 Å². The highest BCUT2D eigenvalue weighted by Crippen LogP contribution is 2.47. The van der Waals surface area contributed by atoms with E-state index in [0.29, 0.717) is 18.5 Å². The van der Waals surface area contributed by atoms with E-state index in [1.807, 2.05) is 0 Å². The number of methoxy groups -OCH3 is 4. The number of benzene rings is 2. The molecular formula is C35H56Cl4N4O5. The van der Waals surface area contributed by atoms with Gasteiger partial charge in [0, 0.05) is 64.4 Å². The van der Waals surface area contributed by atoms with E-state index in [2.05, 4.69) is 50.9 Å². The third-order valence-corrected chi connectivity index (χ3v) is 10.7. The molecule has 4 aliphatic heterocycles. The van der Waals surface area contributed by atoms with E-state index in [1.54, 1.807) is 28.4 Å². The van der Waals surface area contributed by atoms with Crippen molar-refractivity contribution >= 4 is 49.6 Å². The molecule has 2 aromatic rings. The van der Waals surface area contributed by atoms with Crippen LogP contribution >= 0.6 is 49.6 Å². The summed E-state index contributed by atoms with van der Waals surface area (Å²) in [6.45, 7) is 8.74. The molecule has 0 amide bonds. The maximum atomic E-state index is 11.4. The Morgan fingerprint density at radius 3 is 1.83 bits per heavy atom. The Kier molecular flexibility index (Phi) is 17.2. The van der Waals surface area contributed by atoms with E-state index in [-0.39, 0.29) is 61.8 Å². The molecular weight excluding hydrogens is 698 g/mol. The number of halogens is 4. The molecule has 0 radical (unpaired) electrons. The van der Waals surface area contributed by atoms with Crippen LogP contribution in [-0.2, 0) is 12.8 Å². The third kappa shape index (κ3) is 9.28. The summed E-state index contributed by atoms with van der Waals surface area (Å²) in [4.78, 5) is 10.0. The van der Waals surface area contributed by atoms with E-state index >= 15 is 0 Å². The van der Waals surface area contributed by atoms with Crippen molar-refractivity contribution in [1.82, 2.24) is 19.6 Å². The fourth-order valence-electron chi connectivity index (χ4n) is 8.17. The van der Waals surface area contributed by atoms with Gasteiger partial charge in [0.1, 0.15) is 0 Å². The second-order valence-electron chi connectivity index (χ2n) is 13.3. The number of piperidine rings is 1. The zero-order valence-corrected chi connectivity index (χ0v) is 32.3. The molecule has 0 aliphatic carbocycles. The first-order valence-electron chi connectivity index (χ1n) is 16.5. The molecule has 0 spiro atoms. The first-order chi connectivity index (χ1) is 21.4. The number of nitrogens with zero attached hydrogens (tertiary/aromatic N) is 4. The first-order valence-corrected chi connectivity index (χ1v) is 16.5. The van der Waals surface area contributed by atoms with Crippen LogP contribution in [0.1, 0.15) is 53.6 Å². The Morgan fingerprint density at radius 2 is 1.23 bits per heavy atom. The molecule has 274 valence electrons. The second kappa shape index (κ2) is 19.3. The number of piperazine rings is 1. The number of likely N-dealkylation sites (N-methyl/N-ethyl adjacent to an activating group) is 1. The quantitative estimate of drug-likeness (QED) is 0.348. The molecule has 9 nitrogen and oxygen atoms in total. The van der Waals surface area contributed by atoms with Gasteiger partial charge in [-0.1, -0.05) is 0 Å². The molecule has 6 rings (SSSR count). The fourth-order valence-corrected chi connectivity index (χ4v) is 8.17. The molecule has 48 heavy (non-hydrogen) atoms. The van der Waals surface area contributed by atoms with E-state index in [9.17, 15) is 5.11 Å². The summed E-state index contributed by atoms with van der Waals surface area (Å²) in [6, 6.07) is 9.42. The molecule has 13 heteroatoms. The minimum Gasteiger partial charge on any atom is -0.493 e. The SMILES string of the molecule is COc1cc2c(cc1OC)C1CC(CC3c4cc(OC)c(OC)cc4CCN3CC(O)CN3CCN(C)CC3)CCN1CC2.Cl.Cl.Cl.Cl. The van der Waals surface area contributed by atoms with E-state index in [0.717, 1.165) is 101 Å². The molecule has 0 bridgehead atoms. The summed E-state index contributed by atoms with van der Waals surface area (Å²) in [7, 11) is 9.06. The molecule has 1 N–H and O–H groups in total. The smallest absolute Gasteiger partial charge is 0.161 e. The highest BCUT2D eigenvalue weighted by Gasteiger charge is 2.38. The third-order valence-electron chi connectivity index (χ3n) is 10.7. The van der Waals surface area contributed by atoms with Gasteiger partial charge in [-0.25, -0.2) is 0 Å². The first kappa shape index (κ1) is 42.8. The number of ether oxygens (including phenoxy) is 4. The highest BCUT2D eigenvalue weighted by molar-refractivity contribution is 5.86. The average molecular weight is 755 g/mol. The van der Waals surface area contributed by atoms with Crippen LogP contribution in [0.3, 0.4) is 0 Å². The van der Waals surface area contributed by atoms with E-state index in [4.69, 9.17) is 18.9 Å². The molecule has 4 unspecified atom stereocenters. The molecule has 0 aromatic heterocycles. The Balaban J connectivity index is 0.00000200. The number of hydrogen-bond acceptors (Lipinski definition) is 9. The summed E-state index contributed by atoms with van der Waals surface area (Å²) < 4.78 is 22.8. The molecule has 4 aliphatic rings. The van der Waals surface area contributed by atoms with Crippen LogP contribution < -0.4 is 18.9 Å².